The maximum absolute atomic E-state index is 5.58. The molecule has 2 rings (SSSR count). The highest BCUT2D eigenvalue weighted by atomic mass is 32.2. The molecule has 1 aliphatic heterocycles. The maximum Gasteiger partial charge on any atom is 0.163 e. The number of hydrogen-bond donors (Lipinski definition) is 1. The zero-order chi connectivity index (χ0) is 13.0. The van der Waals surface area contributed by atoms with Crippen LogP contribution in [0.4, 0.5) is 5.69 Å². The Hall–Kier alpha value is -1.03. The molecular formula is C14H21NO2S. The lowest BCUT2D eigenvalue weighted by atomic mass is 10.2. The fourth-order valence-corrected chi connectivity index (χ4v) is 3.34. The van der Waals surface area contributed by atoms with Gasteiger partial charge in [-0.05, 0) is 25.5 Å². The summed E-state index contributed by atoms with van der Waals surface area (Å²) in [6, 6.07) is 6.59. The van der Waals surface area contributed by atoms with Gasteiger partial charge in [0.25, 0.3) is 0 Å². The Morgan fingerprint density at radius 2 is 2.22 bits per heavy atom. The lowest BCUT2D eigenvalue weighted by Crippen LogP contribution is -2.18. The molecule has 1 saturated heterocycles. The molecule has 0 bridgehead atoms. The summed E-state index contributed by atoms with van der Waals surface area (Å²) in [6.07, 6.45) is 1.22. The van der Waals surface area contributed by atoms with Gasteiger partial charge in [0.1, 0.15) is 0 Å². The Morgan fingerprint density at radius 3 is 2.83 bits per heavy atom. The minimum Gasteiger partial charge on any atom is -0.493 e. The van der Waals surface area contributed by atoms with Crippen molar-refractivity contribution >= 4 is 17.4 Å². The number of hydrogen-bond acceptors (Lipinski definition) is 4. The Labute approximate surface area is 113 Å². The fraction of sp³-hybridized carbons (Fsp3) is 0.571. The van der Waals surface area contributed by atoms with Crippen molar-refractivity contribution in [1.82, 2.24) is 0 Å². The first-order valence-electron chi connectivity index (χ1n) is 6.42. The Morgan fingerprint density at radius 1 is 1.39 bits per heavy atom. The smallest absolute Gasteiger partial charge is 0.163 e. The van der Waals surface area contributed by atoms with Crippen molar-refractivity contribution in [1.29, 1.82) is 0 Å². The zero-order valence-corrected chi connectivity index (χ0v) is 12.0. The average molecular weight is 267 g/mol. The minimum atomic E-state index is 0.563. The first-order valence-corrected chi connectivity index (χ1v) is 7.46. The third-order valence-corrected chi connectivity index (χ3v) is 4.39. The van der Waals surface area contributed by atoms with Crippen LogP contribution in [0.15, 0.2) is 18.2 Å². The van der Waals surface area contributed by atoms with Crippen molar-refractivity contribution < 1.29 is 9.47 Å². The molecule has 1 aliphatic rings. The van der Waals surface area contributed by atoms with Gasteiger partial charge in [0.2, 0.25) is 0 Å². The number of thioether (sulfide) groups is 1. The molecule has 0 saturated carbocycles. The van der Waals surface area contributed by atoms with Gasteiger partial charge in [-0.2, -0.15) is 11.8 Å². The van der Waals surface area contributed by atoms with E-state index in [1.807, 2.05) is 30.8 Å². The molecule has 1 fully saturated rings. The van der Waals surface area contributed by atoms with Crippen molar-refractivity contribution in [3.8, 4) is 11.5 Å². The summed E-state index contributed by atoms with van der Waals surface area (Å²) in [5.74, 6) is 2.78. The second-order valence-electron chi connectivity index (χ2n) is 4.52. The minimum absolute atomic E-state index is 0.563. The zero-order valence-electron chi connectivity index (χ0n) is 11.2. The molecule has 1 N–H and O–H groups in total. The van der Waals surface area contributed by atoms with E-state index in [0.717, 1.165) is 22.4 Å². The maximum atomic E-state index is 5.58. The van der Waals surface area contributed by atoms with E-state index < -0.39 is 0 Å². The molecular weight excluding hydrogens is 246 g/mol. The van der Waals surface area contributed by atoms with E-state index in [1.165, 1.54) is 12.2 Å². The predicted molar refractivity (Wildman–Crippen MR) is 78.1 cm³/mol. The van der Waals surface area contributed by atoms with Crippen LogP contribution >= 0.6 is 11.8 Å². The molecule has 2 unspecified atom stereocenters. The predicted octanol–water partition coefficient (Wildman–Crippen LogP) is 3.40. The van der Waals surface area contributed by atoms with Gasteiger partial charge in [-0.3, -0.25) is 0 Å². The van der Waals surface area contributed by atoms with Gasteiger partial charge >= 0.3 is 0 Å². The first kappa shape index (κ1) is 13.4. The molecule has 0 radical (unpaired) electrons. The molecule has 18 heavy (non-hydrogen) atoms. The van der Waals surface area contributed by atoms with Crippen LogP contribution < -0.4 is 14.8 Å². The van der Waals surface area contributed by atoms with Crippen LogP contribution in [0.3, 0.4) is 0 Å². The van der Waals surface area contributed by atoms with Crippen molar-refractivity contribution in [2.45, 2.75) is 31.6 Å². The number of rotatable bonds is 5. The van der Waals surface area contributed by atoms with Crippen LogP contribution in [0.5, 0.6) is 11.5 Å². The topological polar surface area (TPSA) is 30.5 Å². The molecule has 0 aromatic heterocycles. The number of methoxy groups -OCH3 is 1. The summed E-state index contributed by atoms with van der Waals surface area (Å²) in [5.41, 5.74) is 1.11. The lowest BCUT2D eigenvalue weighted by Gasteiger charge is -2.16. The summed E-state index contributed by atoms with van der Waals surface area (Å²) < 4.78 is 10.9. The SMILES string of the molecule is CCOc1cc(NC2CSC(C)C2)ccc1OC. The average Bonchev–Trinajstić information content (AvgIpc) is 2.76. The summed E-state index contributed by atoms with van der Waals surface area (Å²) >= 11 is 2.03. The standard InChI is InChI=1S/C14H21NO2S/c1-4-17-14-8-11(5-6-13(14)16-3)15-12-7-10(2)18-9-12/h5-6,8,10,12,15H,4,7,9H2,1-3H3. The number of nitrogens with one attached hydrogen (secondary N) is 1. The van der Waals surface area contributed by atoms with Gasteiger partial charge in [0.15, 0.2) is 11.5 Å². The summed E-state index contributed by atoms with van der Waals surface area (Å²) in [4.78, 5) is 0. The van der Waals surface area contributed by atoms with Crippen LogP contribution in [0.2, 0.25) is 0 Å². The molecule has 3 nitrogen and oxygen atoms in total. The molecule has 100 valence electrons. The van der Waals surface area contributed by atoms with Crippen LogP contribution in [0, 0.1) is 0 Å². The quantitative estimate of drug-likeness (QED) is 0.885. The third-order valence-electron chi connectivity index (χ3n) is 3.03. The second kappa shape index (κ2) is 6.23. The van der Waals surface area contributed by atoms with Gasteiger partial charge < -0.3 is 14.8 Å². The second-order valence-corrected chi connectivity index (χ2v) is 5.99. The molecule has 0 aliphatic carbocycles. The van der Waals surface area contributed by atoms with E-state index in [9.17, 15) is 0 Å². The Bertz CT molecular complexity index is 397. The molecule has 1 aromatic carbocycles. The molecule has 1 aromatic rings. The highest BCUT2D eigenvalue weighted by Gasteiger charge is 2.21. The monoisotopic (exact) mass is 267 g/mol. The fourth-order valence-electron chi connectivity index (χ4n) is 2.19. The van der Waals surface area contributed by atoms with Crippen LogP contribution in [0.25, 0.3) is 0 Å². The lowest BCUT2D eigenvalue weighted by molar-refractivity contribution is 0.311. The largest absolute Gasteiger partial charge is 0.493 e. The molecule has 0 amide bonds. The summed E-state index contributed by atoms with van der Waals surface area (Å²) in [6.45, 7) is 4.91. The van der Waals surface area contributed by atoms with Gasteiger partial charge in [0, 0.05) is 28.8 Å². The van der Waals surface area contributed by atoms with Crippen LogP contribution in [-0.2, 0) is 0 Å². The highest BCUT2D eigenvalue weighted by molar-refractivity contribution is 8.00. The van der Waals surface area contributed by atoms with E-state index in [2.05, 4.69) is 18.3 Å². The summed E-state index contributed by atoms with van der Waals surface area (Å²) in [5, 5.41) is 4.32. The molecule has 0 spiro atoms. The van der Waals surface area contributed by atoms with Crippen LogP contribution in [0.1, 0.15) is 20.3 Å². The first-order chi connectivity index (χ1) is 8.72. The number of anilines is 1. The van der Waals surface area contributed by atoms with Crippen molar-refractivity contribution in [2.24, 2.45) is 0 Å². The van der Waals surface area contributed by atoms with E-state index in [1.54, 1.807) is 7.11 Å². The Kier molecular flexibility index (Phi) is 4.64. The van der Waals surface area contributed by atoms with Crippen molar-refractivity contribution in [3.63, 3.8) is 0 Å². The van der Waals surface area contributed by atoms with Gasteiger partial charge in [-0.1, -0.05) is 6.92 Å². The number of ether oxygens (including phenoxy) is 2. The van der Waals surface area contributed by atoms with Crippen molar-refractivity contribution in [2.75, 3.05) is 24.8 Å². The third kappa shape index (κ3) is 3.25. The Balaban J connectivity index is 2.06. The highest BCUT2D eigenvalue weighted by Crippen LogP contribution is 2.33. The molecule has 1 heterocycles. The summed E-state index contributed by atoms with van der Waals surface area (Å²) in [7, 11) is 1.67. The van der Waals surface area contributed by atoms with E-state index in [-0.39, 0.29) is 0 Å². The van der Waals surface area contributed by atoms with Crippen molar-refractivity contribution in [3.05, 3.63) is 18.2 Å². The van der Waals surface area contributed by atoms with E-state index in [0.29, 0.717) is 12.6 Å². The molecule has 2 atom stereocenters. The van der Waals surface area contributed by atoms with E-state index in [4.69, 9.17) is 9.47 Å². The van der Waals surface area contributed by atoms with Crippen LogP contribution in [-0.4, -0.2) is 30.8 Å². The normalized spacial score (nSPS) is 22.8. The van der Waals surface area contributed by atoms with Gasteiger partial charge in [-0.25, -0.2) is 0 Å². The van der Waals surface area contributed by atoms with Gasteiger partial charge in [-0.15, -0.1) is 0 Å². The number of benzene rings is 1. The molecule has 4 heteroatoms. The van der Waals surface area contributed by atoms with Gasteiger partial charge in [0.05, 0.1) is 13.7 Å². The van der Waals surface area contributed by atoms with E-state index >= 15 is 0 Å².